The molecular weight excluding hydrogens is 1150 g/mol. The van der Waals surface area contributed by atoms with Gasteiger partial charge >= 0.3 is 18.0 Å². The van der Waals surface area contributed by atoms with Crippen molar-refractivity contribution in [3.8, 4) is 23.0 Å². The number of carboxylic acid groups (broad SMARTS) is 1. The molecule has 2 saturated heterocycles. The molecule has 6 aromatic rings. The largest absolute Gasteiger partial charge is 0.478 e. The third-order valence-electron chi connectivity index (χ3n) is 14.9. The highest BCUT2D eigenvalue weighted by Gasteiger charge is 2.43. The number of carboxylic acids is 1. The average molecular weight is 1220 g/mol. The molecule has 14 nitrogen and oxygen atoms in total. The van der Waals surface area contributed by atoms with Gasteiger partial charge in [0.25, 0.3) is 6.41 Å². The molecule has 2 aliphatic heterocycles. The molecule has 6 aromatic carbocycles. The topological polar surface area (TPSA) is 178 Å². The van der Waals surface area contributed by atoms with Crippen LogP contribution in [0.1, 0.15) is 81.8 Å². The number of aliphatic carboxylic acids is 1. The predicted molar refractivity (Wildman–Crippen MR) is 317 cm³/mol. The van der Waals surface area contributed by atoms with Crippen molar-refractivity contribution in [2.75, 3.05) is 38.4 Å². The molecule has 1 unspecified atom stereocenters. The number of likely N-dealkylation sites (tertiary alicyclic amines) is 2. The Balaban J connectivity index is 0.892. The fourth-order valence-corrected chi connectivity index (χ4v) is 11.9. The van der Waals surface area contributed by atoms with E-state index in [0.29, 0.717) is 47.8 Å². The number of carbonyl (C=O) groups is 5. The van der Waals surface area contributed by atoms with E-state index in [0.717, 1.165) is 47.6 Å². The minimum absolute atomic E-state index is 0.0281. The van der Waals surface area contributed by atoms with E-state index >= 15 is 0 Å². The summed E-state index contributed by atoms with van der Waals surface area (Å²) in [5, 5.41) is 21.0. The lowest BCUT2D eigenvalue weighted by Crippen LogP contribution is -2.40. The van der Waals surface area contributed by atoms with Crippen molar-refractivity contribution in [3.05, 3.63) is 176 Å². The van der Waals surface area contributed by atoms with Gasteiger partial charge in [0.2, 0.25) is 0 Å². The van der Waals surface area contributed by atoms with Gasteiger partial charge in [0.15, 0.2) is 22.8 Å². The normalized spacial score (nSPS) is 17.7. The van der Waals surface area contributed by atoms with Crippen LogP contribution in [-0.2, 0) is 27.2 Å². The molecule has 0 radical (unpaired) electrons. The van der Waals surface area contributed by atoms with E-state index in [9.17, 15) is 38.6 Å². The zero-order chi connectivity index (χ0) is 59.2. The van der Waals surface area contributed by atoms with Gasteiger partial charge in [-0.1, -0.05) is 76.2 Å². The van der Waals surface area contributed by atoms with E-state index in [1.165, 1.54) is 54.8 Å². The van der Waals surface area contributed by atoms with E-state index < -0.39 is 53.3 Å². The molecule has 2 N–H and O–H groups in total. The summed E-state index contributed by atoms with van der Waals surface area (Å²) in [4.78, 5) is 72.6. The lowest BCUT2D eigenvalue weighted by molar-refractivity contribution is -0.157. The summed E-state index contributed by atoms with van der Waals surface area (Å²) in [7, 11) is 0. The van der Waals surface area contributed by atoms with Gasteiger partial charge in [-0.3, -0.25) is 9.59 Å². The first-order valence-electron chi connectivity index (χ1n) is 26.9. The molecule has 0 aromatic heterocycles. The number of hydrogen-bond donors (Lipinski definition) is 2. The number of benzene rings is 6. The van der Waals surface area contributed by atoms with Crippen molar-refractivity contribution >= 4 is 69.1 Å². The summed E-state index contributed by atoms with van der Waals surface area (Å²) >= 11 is 6.29. The first kappa shape index (κ1) is 61.4. The minimum Gasteiger partial charge on any atom is -0.478 e. The number of halogens is 2. The number of nitrogens with zero attached hydrogens (tertiary/aromatic N) is 2. The average Bonchev–Trinajstić information content (AvgIpc) is 4.24. The SMILES string of the molecule is CSc1ccc(C(=O)[C@@H]2CN(C(=O)Oc3ccc(F)cc3)C[C@H]2Cc2cc(C)c(OC(C)(C)C(=O)OCSc3ccc(C(=O)[C@H]4CN(C(O)Oc5ccc(Br)cc5)C[C@@H]4Cc4cc(C)c(OC(C)(C)C(=O)O)c(C)c4)cc3)c(C)c2)cc1. The molecule has 8 rings (SSSR count). The minimum atomic E-state index is -1.44. The van der Waals surface area contributed by atoms with E-state index in [1.807, 2.05) is 107 Å². The molecule has 0 spiro atoms. The Labute approximate surface area is 495 Å². The lowest BCUT2D eigenvalue weighted by Gasteiger charge is -2.27. The molecule has 432 valence electrons. The Hall–Kier alpha value is -6.70. The highest BCUT2D eigenvalue weighted by atomic mass is 79.9. The number of amides is 1. The summed E-state index contributed by atoms with van der Waals surface area (Å²) in [6.07, 6.45) is 0.991. The van der Waals surface area contributed by atoms with Crippen LogP contribution >= 0.6 is 39.5 Å². The van der Waals surface area contributed by atoms with E-state index in [1.54, 1.807) is 54.8 Å². The molecule has 0 bridgehead atoms. The number of esters is 1. The number of aliphatic hydroxyl groups is 1. The zero-order valence-corrected chi connectivity index (χ0v) is 50.5. The summed E-state index contributed by atoms with van der Waals surface area (Å²) in [5.41, 5.74) is 3.16. The maximum atomic E-state index is 14.5. The maximum absolute atomic E-state index is 14.5. The number of aliphatic hydroxyl groups excluding tert-OH is 1. The van der Waals surface area contributed by atoms with Crippen molar-refractivity contribution in [2.45, 2.75) is 95.6 Å². The molecule has 1 amide bonds. The molecule has 2 heterocycles. The summed E-state index contributed by atoms with van der Waals surface area (Å²) < 4.78 is 44.1. The predicted octanol–water partition coefficient (Wildman–Crippen LogP) is 12.7. The van der Waals surface area contributed by atoms with Crippen LogP contribution in [-0.4, -0.2) is 106 Å². The molecule has 2 fully saturated rings. The number of rotatable bonds is 22. The Morgan fingerprint density at radius 2 is 1.12 bits per heavy atom. The quantitative estimate of drug-likeness (QED) is 0.0284. The summed E-state index contributed by atoms with van der Waals surface area (Å²) in [6, 6.07) is 34.7. The monoisotopic (exact) mass is 1220 g/mol. The van der Waals surface area contributed by atoms with Gasteiger partial charge in [-0.2, -0.15) is 0 Å². The molecule has 0 aliphatic carbocycles. The lowest BCUT2D eigenvalue weighted by atomic mass is 9.84. The van der Waals surface area contributed by atoms with Gasteiger partial charge in [-0.05, 0) is 193 Å². The fourth-order valence-electron chi connectivity index (χ4n) is 10.6. The highest BCUT2D eigenvalue weighted by molar-refractivity contribution is 9.10. The Kier molecular flexibility index (Phi) is 19.7. The van der Waals surface area contributed by atoms with Gasteiger partial charge < -0.3 is 38.8 Å². The van der Waals surface area contributed by atoms with E-state index in [-0.39, 0.29) is 54.7 Å². The van der Waals surface area contributed by atoms with Crippen LogP contribution < -0.4 is 18.9 Å². The fraction of sp³-hybridized carbons (Fsp3) is 0.359. The van der Waals surface area contributed by atoms with Crippen LogP contribution in [0.25, 0.3) is 0 Å². The smallest absolute Gasteiger partial charge is 0.415 e. The van der Waals surface area contributed by atoms with Crippen LogP contribution in [0.4, 0.5) is 9.18 Å². The second-order valence-electron chi connectivity index (χ2n) is 22.0. The standard InChI is InChI=1S/C64H68BrFN2O12S2/c1-37-26-41(27-38(2)57(37)79-63(5,6)59(71)72)30-46-32-67(61(74)77-49-18-14-47(65)15-19-49)35-54(46)56(70)44-12-24-52(25-13-44)82-36-76-60(73)64(7,8)80-58-39(3)28-42(29-40(58)4)31-45-33-68(62(75)78-50-20-16-48(66)17-21-50)34-53(45)55(69)43-10-22-51(81-9)23-11-43/h10-29,45-46,53-54,61,74H,30-36H2,1-9H3,(H,71,72)/t45-,46+,53-,54+,61?/m1/s1. The first-order valence-corrected chi connectivity index (χ1v) is 29.9. The van der Waals surface area contributed by atoms with Crippen molar-refractivity contribution in [2.24, 2.45) is 23.7 Å². The number of Topliss-reactive ketones (excluding diaryl/α,β-unsaturated/α-hetero) is 2. The summed E-state index contributed by atoms with van der Waals surface area (Å²) in [6.45, 7) is 14.8. The van der Waals surface area contributed by atoms with Crippen molar-refractivity contribution in [1.29, 1.82) is 0 Å². The maximum Gasteiger partial charge on any atom is 0.415 e. The van der Waals surface area contributed by atoms with E-state index in [2.05, 4.69) is 15.9 Å². The van der Waals surface area contributed by atoms with Gasteiger partial charge in [0, 0.05) is 63.4 Å². The van der Waals surface area contributed by atoms with Gasteiger partial charge in [-0.15, -0.1) is 11.8 Å². The summed E-state index contributed by atoms with van der Waals surface area (Å²) in [5.74, 6) is -2.15. The van der Waals surface area contributed by atoms with Crippen LogP contribution in [0, 0.1) is 57.2 Å². The number of ketones is 2. The third-order valence-corrected chi connectivity index (χ3v) is 17.0. The first-order chi connectivity index (χ1) is 38.9. The Bertz CT molecular complexity index is 3260. The number of hydrogen-bond acceptors (Lipinski definition) is 14. The van der Waals surface area contributed by atoms with Gasteiger partial charge in [0.1, 0.15) is 34.8 Å². The van der Waals surface area contributed by atoms with Crippen LogP contribution in [0.15, 0.2) is 136 Å². The van der Waals surface area contributed by atoms with Crippen molar-refractivity contribution in [3.63, 3.8) is 0 Å². The number of aryl methyl sites for hydroxylation is 4. The van der Waals surface area contributed by atoms with Crippen LogP contribution in [0.3, 0.4) is 0 Å². The third kappa shape index (κ3) is 15.1. The molecule has 5 atom stereocenters. The zero-order valence-electron chi connectivity index (χ0n) is 47.3. The second-order valence-corrected chi connectivity index (χ2v) is 24.8. The molecular formula is C64H68BrFN2O12S2. The second kappa shape index (κ2) is 26.3. The number of thioether (sulfide) groups is 2. The van der Waals surface area contributed by atoms with Crippen LogP contribution in [0.5, 0.6) is 23.0 Å². The molecule has 0 saturated carbocycles. The van der Waals surface area contributed by atoms with Crippen molar-refractivity contribution in [1.82, 2.24) is 9.80 Å². The highest BCUT2D eigenvalue weighted by Crippen LogP contribution is 2.38. The van der Waals surface area contributed by atoms with Gasteiger partial charge in [-0.25, -0.2) is 23.7 Å². The molecule has 18 heteroatoms. The Morgan fingerprint density at radius 3 is 1.63 bits per heavy atom. The Morgan fingerprint density at radius 1 is 0.646 bits per heavy atom. The van der Waals surface area contributed by atoms with Crippen molar-refractivity contribution < 1.29 is 62.3 Å². The molecule has 2 aliphatic rings. The number of carbonyl (C=O) groups excluding carboxylic acids is 4. The van der Waals surface area contributed by atoms with E-state index in [4.69, 9.17) is 23.7 Å². The van der Waals surface area contributed by atoms with Crippen LogP contribution in [0.2, 0.25) is 0 Å². The van der Waals surface area contributed by atoms with Gasteiger partial charge in [0.05, 0.1) is 0 Å². The number of ether oxygens (including phenoxy) is 5. The molecule has 82 heavy (non-hydrogen) atoms.